The van der Waals surface area contributed by atoms with Crippen molar-refractivity contribution < 1.29 is 13.9 Å². The van der Waals surface area contributed by atoms with Crippen LogP contribution < -0.4 is 15.8 Å². The lowest BCUT2D eigenvalue weighted by Gasteiger charge is -2.07. The van der Waals surface area contributed by atoms with Crippen molar-refractivity contribution >= 4 is 18.3 Å². The number of rotatable bonds is 10. The Morgan fingerprint density at radius 1 is 1.24 bits per heavy atom. The van der Waals surface area contributed by atoms with Crippen LogP contribution in [0.5, 0.6) is 5.75 Å². The Balaban J connectivity index is 0.00000400. The fourth-order valence-corrected chi connectivity index (χ4v) is 1.79. The van der Waals surface area contributed by atoms with Crippen molar-refractivity contribution in [3.63, 3.8) is 0 Å². The number of nitrogens with one attached hydrogen (secondary N) is 1. The highest BCUT2D eigenvalue weighted by Gasteiger charge is 2.01. The molecule has 0 aliphatic rings. The first-order valence-corrected chi connectivity index (χ1v) is 7.07. The van der Waals surface area contributed by atoms with E-state index in [4.69, 9.17) is 10.5 Å². The van der Waals surface area contributed by atoms with Gasteiger partial charge in [-0.05, 0) is 31.5 Å². The monoisotopic (exact) mass is 318 g/mol. The van der Waals surface area contributed by atoms with Gasteiger partial charge in [0.1, 0.15) is 18.2 Å². The molecule has 0 unspecified atom stereocenters. The smallest absolute Gasteiger partial charge is 0.220 e. The van der Waals surface area contributed by atoms with Crippen LogP contribution in [-0.4, -0.2) is 25.6 Å². The molecule has 0 atom stereocenters. The second-order valence-electron chi connectivity index (χ2n) is 4.61. The maximum absolute atomic E-state index is 12.9. The van der Waals surface area contributed by atoms with Crippen LogP contribution in [0.2, 0.25) is 0 Å². The molecule has 0 heterocycles. The number of hydrogen-bond acceptors (Lipinski definition) is 3. The minimum atomic E-state index is -0.330. The summed E-state index contributed by atoms with van der Waals surface area (Å²) in [6, 6.07) is 5.95. The van der Waals surface area contributed by atoms with E-state index < -0.39 is 0 Å². The summed E-state index contributed by atoms with van der Waals surface area (Å²) in [6.45, 7) is 1.48. The molecule has 0 radical (unpaired) electrons. The van der Waals surface area contributed by atoms with Crippen molar-refractivity contribution in [2.24, 2.45) is 5.73 Å². The summed E-state index contributed by atoms with van der Waals surface area (Å²) >= 11 is 0. The van der Waals surface area contributed by atoms with Crippen LogP contribution in [0, 0.1) is 5.82 Å². The van der Waals surface area contributed by atoms with E-state index in [2.05, 4.69) is 5.32 Å². The number of unbranched alkanes of at least 4 members (excludes halogenated alkanes) is 3. The van der Waals surface area contributed by atoms with Gasteiger partial charge in [0.25, 0.3) is 0 Å². The van der Waals surface area contributed by atoms with Gasteiger partial charge < -0.3 is 15.8 Å². The number of amides is 1. The summed E-state index contributed by atoms with van der Waals surface area (Å²) in [6.07, 6.45) is 4.54. The summed E-state index contributed by atoms with van der Waals surface area (Å²) < 4.78 is 18.2. The molecule has 0 bridgehead atoms. The molecule has 0 aliphatic carbocycles. The van der Waals surface area contributed by atoms with E-state index in [9.17, 15) is 9.18 Å². The Kier molecular flexibility index (Phi) is 11.6. The molecule has 1 aromatic rings. The predicted molar refractivity (Wildman–Crippen MR) is 84.3 cm³/mol. The highest BCUT2D eigenvalue weighted by molar-refractivity contribution is 5.85. The molecule has 1 rings (SSSR count). The Labute approximate surface area is 131 Å². The fourth-order valence-electron chi connectivity index (χ4n) is 1.79. The first kappa shape index (κ1) is 19.7. The molecule has 1 aromatic carbocycles. The molecule has 3 N–H and O–H groups in total. The van der Waals surface area contributed by atoms with E-state index >= 15 is 0 Å². The zero-order valence-corrected chi connectivity index (χ0v) is 13.0. The van der Waals surface area contributed by atoms with Crippen LogP contribution in [0.1, 0.15) is 32.1 Å². The average Bonchev–Trinajstić information content (AvgIpc) is 2.43. The molecule has 1 amide bonds. The van der Waals surface area contributed by atoms with E-state index in [1.165, 1.54) is 12.1 Å². The Morgan fingerprint density at radius 3 is 2.71 bits per heavy atom. The number of hydrogen-bond donors (Lipinski definition) is 2. The first-order valence-electron chi connectivity index (χ1n) is 7.07. The Bertz CT molecular complexity index is 405. The van der Waals surface area contributed by atoms with Crippen LogP contribution in [0.15, 0.2) is 24.3 Å². The van der Waals surface area contributed by atoms with Gasteiger partial charge in [0.05, 0.1) is 6.54 Å². The maximum Gasteiger partial charge on any atom is 0.220 e. The first-order chi connectivity index (χ1) is 9.72. The number of ether oxygens (including phenoxy) is 1. The van der Waals surface area contributed by atoms with Gasteiger partial charge in [-0.2, -0.15) is 0 Å². The van der Waals surface area contributed by atoms with Crippen molar-refractivity contribution in [1.29, 1.82) is 0 Å². The lowest BCUT2D eigenvalue weighted by Crippen LogP contribution is -2.27. The molecule has 0 spiro atoms. The summed E-state index contributed by atoms with van der Waals surface area (Å²) in [5, 5.41) is 2.78. The summed E-state index contributed by atoms with van der Waals surface area (Å²) in [5.74, 6) is 0.172. The Morgan fingerprint density at radius 2 is 2.00 bits per heavy atom. The quantitative estimate of drug-likeness (QED) is 0.652. The van der Waals surface area contributed by atoms with Gasteiger partial charge in [-0.15, -0.1) is 12.4 Å². The second kappa shape index (κ2) is 12.4. The number of carbonyl (C=O) groups excluding carboxylic acids is 1. The van der Waals surface area contributed by atoms with Crippen LogP contribution in [0.25, 0.3) is 0 Å². The van der Waals surface area contributed by atoms with Gasteiger partial charge in [-0.1, -0.05) is 18.9 Å². The zero-order chi connectivity index (χ0) is 14.6. The summed E-state index contributed by atoms with van der Waals surface area (Å²) in [5.41, 5.74) is 5.39. The number of halogens is 2. The van der Waals surface area contributed by atoms with Gasteiger partial charge in [0, 0.05) is 12.5 Å². The van der Waals surface area contributed by atoms with Crippen LogP contribution >= 0.6 is 12.4 Å². The third kappa shape index (κ3) is 10.1. The molecule has 21 heavy (non-hydrogen) atoms. The lowest BCUT2D eigenvalue weighted by atomic mass is 10.1. The molecular formula is C15H24ClFN2O2. The molecular weight excluding hydrogens is 295 g/mol. The SMILES string of the molecule is Cl.NCCCCCCC(=O)NCCOc1cccc(F)c1. The Hall–Kier alpha value is -1.33. The minimum absolute atomic E-state index is 0. The van der Waals surface area contributed by atoms with Crippen molar-refractivity contribution in [1.82, 2.24) is 5.32 Å². The van der Waals surface area contributed by atoms with Crippen molar-refractivity contribution in [3.8, 4) is 5.75 Å². The standard InChI is InChI=1S/C15H23FN2O2.ClH/c16-13-6-5-7-14(12-13)20-11-10-18-15(19)8-3-1-2-4-9-17;/h5-7,12H,1-4,8-11,17H2,(H,18,19);1H. The molecule has 0 saturated carbocycles. The van der Waals surface area contributed by atoms with E-state index in [-0.39, 0.29) is 24.1 Å². The molecule has 6 heteroatoms. The number of benzene rings is 1. The zero-order valence-electron chi connectivity index (χ0n) is 12.1. The van der Waals surface area contributed by atoms with Crippen LogP contribution in [0.3, 0.4) is 0 Å². The molecule has 0 aromatic heterocycles. The van der Waals surface area contributed by atoms with E-state index in [1.807, 2.05) is 0 Å². The second-order valence-corrected chi connectivity index (χ2v) is 4.61. The van der Waals surface area contributed by atoms with Crippen molar-refractivity contribution in [2.75, 3.05) is 19.7 Å². The lowest BCUT2D eigenvalue weighted by molar-refractivity contribution is -0.121. The molecule has 4 nitrogen and oxygen atoms in total. The normalized spacial score (nSPS) is 9.81. The van der Waals surface area contributed by atoms with Crippen LogP contribution in [-0.2, 0) is 4.79 Å². The highest BCUT2D eigenvalue weighted by atomic mass is 35.5. The summed E-state index contributed by atoms with van der Waals surface area (Å²) in [4.78, 5) is 11.5. The number of carbonyl (C=O) groups is 1. The largest absolute Gasteiger partial charge is 0.492 e. The fraction of sp³-hybridized carbons (Fsp3) is 0.533. The van der Waals surface area contributed by atoms with E-state index in [1.54, 1.807) is 12.1 Å². The van der Waals surface area contributed by atoms with Gasteiger partial charge in [-0.3, -0.25) is 4.79 Å². The topological polar surface area (TPSA) is 64.4 Å². The van der Waals surface area contributed by atoms with Gasteiger partial charge in [0.2, 0.25) is 5.91 Å². The third-order valence-electron chi connectivity index (χ3n) is 2.85. The molecule has 0 fully saturated rings. The van der Waals surface area contributed by atoms with E-state index in [0.29, 0.717) is 31.9 Å². The minimum Gasteiger partial charge on any atom is -0.492 e. The number of nitrogens with two attached hydrogens (primary N) is 1. The van der Waals surface area contributed by atoms with Gasteiger partial charge in [-0.25, -0.2) is 4.39 Å². The highest BCUT2D eigenvalue weighted by Crippen LogP contribution is 2.11. The van der Waals surface area contributed by atoms with Crippen LogP contribution in [0.4, 0.5) is 4.39 Å². The molecule has 0 saturated heterocycles. The predicted octanol–water partition coefficient (Wildman–Crippen LogP) is 2.65. The third-order valence-corrected chi connectivity index (χ3v) is 2.85. The maximum atomic E-state index is 12.9. The van der Waals surface area contributed by atoms with Crippen molar-refractivity contribution in [2.45, 2.75) is 32.1 Å². The molecule has 0 aliphatic heterocycles. The average molecular weight is 319 g/mol. The van der Waals surface area contributed by atoms with E-state index in [0.717, 1.165) is 25.7 Å². The molecule has 120 valence electrons. The van der Waals surface area contributed by atoms with Crippen molar-refractivity contribution in [3.05, 3.63) is 30.1 Å². The van der Waals surface area contributed by atoms with Gasteiger partial charge >= 0.3 is 0 Å². The summed E-state index contributed by atoms with van der Waals surface area (Å²) in [7, 11) is 0. The van der Waals surface area contributed by atoms with Gasteiger partial charge in [0.15, 0.2) is 0 Å².